The van der Waals surface area contributed by atoms with E-state index in [0.717, 1.165) is 18.7 Å². The molecule has 110 valence electrons. The molecule has 0 spiro atoms. The van der Waals surface area contributed by atoms with Gasteiger partial charge in [-0.05, 0) is 11.5 Å². The zero-order valence-electron chi connectivity index (χ0n) is 12.9. The lowest BCUT2D eigenvalue weighted by Crippen LogP contribution is -2.42. The predicted molar refractivity (Wildman–Crippen MR) is 87.8 cm³/mol. The minimum Gasteiger partial charge on any atom is -0.294 e. The van der Waals surface area contributed by atoms with E-state index in [4.69, 9.17) is 0 Å². The standard InChI is InChI=1S/C17H25NOS/c1-12(2)15-5-7-16(8-6-15)17(19)11-18-9-13(3)20-14(4)10-18/h5-8,12-14H,9-11H2,1-4H3. The summed E-state index contributed by atoms with van der Waals surface area (Å²) in [6, 6.07) is 8.11. The van der Waals surface area contributed by atoms with Crippen molar-refractivity contribution < 1.29 is 4.79 Å². The molecule has 1 aliphatic rings. The summed E-state index contributed by atoms with van der Waals surface area (Å²) in [5.41, 5.74) is 2.13. The number of nitrogens with zero attached hydrogens (tertiary/aromatic N) is 1. The summed E-state index contributed by atoms with van der Waals surface area (Å²) < 4.78 is 0. The molecule has 0 saturated carbocycles. The predicted octanol–water partition coefficient (Wildman–Crippen LogP) is 3.82. The van der Waals surface area contributed by atoms with Crippen molar-refractivity contribution in [3.05, 3.63) is 35.4 Å². The Morgan fingerprint density at radius 2 is 1.75 bits per heavy atom. The van der Waals surface area contributed by atoms with Gasteiger partial charge in [-0.15, -0.1) is 0 Å². The molecule has 0 radical (unpaired) electrons. The zero-order valence-corrected chi connectivity index (χ0v) is 13.7. The number of hydrogen-bond donors (Lipinski definition) is 0. The van der Waals surface area contributed by atoms with Crippen LogP contribution in [0.4, 0.5) is 0 Å². The summed E-state index contributed by atoms with van der Waals surface area (Å²) in [6.07, 6.45) is 0. The quantitative estimate of drug-likeness (QED) is 0.787. The van der Waals surface area contributed by atoms with Crippen molar-refractivity contribution in [1.82, 2.24) is 4.90 Å². The van der Waals surface area contributed by atoms with Crippen LogP contribution in [-0.2, 0) is 0 Å². The Bertz CT molecular complexity index is 445. The molecule has 1 heterocycles. The van der Waals surface area contributed by atoms with E-state index in [0.29, 0.717) is 23.0 Å². The second kappa shape index (κ2) is 6.77. The third-order valence-corrected chi connectivity index (χ3v) is 4.99. The van der Waals surface area contributed by atoms with Gasteiger partial charge in [-0.3, -0.25) is 9.69 Å². The maximum Gasteiger partial charge on any atom is 0.176 e. The van der Waals surface area contributed by atoms with Gasteiger partial charge in [0.2, 0.25) is 0 Å². The fraction of sp³-hybridized carbons (Fsp3) is 0.588. The normalized spacial score (nSPS) is 24.1. The molecule has 0 aromatic heterocycles. The Morgan fingerprint density at radius 1 is 1.20 bits per heavy atom. The van der Waals surface area contributed by atoms with Gasteiger partial charge in [0.1, 0.15) is 0 Å². The third-order valence-electron chi connectivity index (χ3n) is 3.76. The molecular formula is C17H25NOS. The number of thioether (sulfide) groups is 1. The monoisotopic (exact) mass is 291 g/mol. The molecule has 1 fully saturated rings. The van der Waals surface area contributed by atoms with Gasteiger partial charge in [0.05, 0.1) is 6.54 Å². The minimum atomic E-state index is 0.242. The summed E-state index contributed by atoms with van der Waals surface area (Å²) in [7, 11) is 0. The Balaban J connectivity index is 1.97. The van der Waals surface area contributed by atoms with E-state index < -0.39 is 0 Å². The Labute approximate surface area is 126 Å². The van der Waals surface area contributed by atoms with Crippen LogP contribution in [0.3, 0.4) is 0 Å². The number of hydrogen-bond acceptors (Lipinski definition) is 3. The van der Waals surface area contributed by atoms with E-state index in [1.165, 1.54) is 5.56 Å². The van der Waals surface area contributed by atoms with Crippen LogP contribution >= 0.6 is 11.8 Å². The molecule has 2 nitrogen and oxygen atoms in total. The zero-order chi connectivity index (χ0) is 14.7. The number of carbonyl (C=O) groups excluding carboxylic acids is 1. The fourth-order valence-electron chi connectivity index (χ4n) is 2.76. The molecule has 20 heavy (non-hydrogen) atoms. The minimum absolute atomic E-state index is 0.242. The van der Waals surface area contributed by atoms with Gasteiger partial charge < -0.3 is 0 Å². The summed E-state index contributed by atoms with van der Waals surface area (Å²) in [5.74, 6) is 0.756. The average molecular weight is 291 g/mol. The number of ketones is 1. The molecule has 1 saturated heterocycles. The lowest BCUT2D eigenvalue weighted by Gasteiger charge is -2.34. The van der Waals surface area contributed by atoms with Crippen molar-refractivity contribution in [2.24, 2.45) is 0 Å². The third kappa shape index (κ3) is 4.10. The Kier molecular flexibility index (Phi) is 5.28. The van der Waals surface area contributed by atoms with Gasteiger partial charge in [-0.2, -0.15) is 11.8 Å². The highest BCUT2D eigenvalue weighted by Gasteiger charge is 2.24. The Hall–Kier alpha value is -0.800. The first-order valence-corrected chi connectivity index (χ1v) is 8.41. The maximum atomic E-state index is 12.4. The molecule has 1 aromatic carbocycles. The molecule has 2 atom stereocenters. The van der Waals surface area contributed by atoms with Crippen LogP contribution in [0, 0.1) is 0 Å². The second-order valence-corrected chi connectivity index (χ2v) is 8.03. The number of carbonyl (C=O) groups is 1. The van der Waals surface area contributed by atoms with Crippen molar-refractivity contribution in [2.45, 2.75) is 44.1 Å². The van der Waals surface area contributed by atoms with Gasteiger partial charge in [0, 0.05) is 29.2 Å². The van der Waals surface area contributed by atoms with Crippen molar-refractivity contribution in [1.29, 1.82) is 0 Å². The highest BCUT2D eigenvalue weighted by atomic mass is 32.2. The van der Waals surface area contributed by atoms with Gasteiger partial charge in [-0.1, -0.05) is 52.0 Å². The van der Waals surface area contributed by atoms with E-state index in [2.05, 4.69) is 44.7 Å². The van der Waals surface area contributed by atoms with E-state index in [-0.39, 0.29) is 5.78 Å². The van der Waals surface area contributed by atoms with Crippen LogP contribution in [-0.4, -0.2) is 40.8 Å². The molecule has 0 aliphatic carbocycles. The van der Waals surface area contributed by atoms with Crippen LogP contribution in [0.2, 0.25) is 0 Å². The summed E-state index contributed by atoms with van der Waals surface area (Å²) in [4.78, 5) is 14.7. The van der Waals surface area contributed by atoms with Crippen LogP contribution in [0.5, 0.6) is 0 Å². The van der Waals surface area contributed by atoms with Gasteiger partial charge in [0.25, 0.3) is 0 Å². The van der Waals surface area contributed by atoms with E-state index in [9.17, 15) is 4.79 Å². The smallest absolute Gasteiger partial charge is 0.176 e. The molecule has 0 bridgehead atoms. The van der Waals surface area contributed by atoms with Gasteiger partial charge >= 0.3 is 0 Å². The Morgan fingerprint density at radius 3 is 2.25 bits per heavy atom. The molecule has 0 N–H and O–H groups in total. The largest absolute Gasteiger partial charge is 0.294 e. The molecule has 1 aliphatic heterocycles. The van der Waals surface area contributed by atoms with Crippen molar-refractivity contribution in [3.8, 4) is 0 Å². The molecule has 0 amide bonds. The number of rotatable bonds is 4. The lowest BCUT2D eigenvalue weighted by atomic mass is 10.0. The number of benzene rings is 1. The highest BCUT2D eigenvalue weighted by Crippen LogP contribution is 2.24. The van der Waals surface area contributed by atoms with E-state index in [1.807, 2.05) is 23.9 Å². The van der Waals surface area contributed by atoms with Crippen LogP contribution < -0.4 is 0 Å². The average Bonchev–Trinajstić information content (AvgIpc) is 2.37. The lowest BCUT2D eigenvalue weighted by molar-refractivity contribution is 0.0930. The van der Waals surface area contributed by atoms with Crippen molar-refractivity contribution in [2.75, 3.05) is 19.6 Å². The van der Waals surface area contributed by atoms with Crippen molar-refractivity contribution in [3.63, 3.8) is 0 Å². The first-order valence-electron chi connectivity index (χ1n) is 7.46. The molecule has 2 rings (SSSR count). The summed E-state index contributed by atoms with van der Waals surface area (Å²) in [6.45, 7) is 11.4. The first kappa shape index (κ1) is 15.6. The van der Waals surface area contributed by atoms with E-state index >= 15 is 0 Å². The summed E-state index contributed by atoms with van der Waals surface area (Å²) >= 11 is 2.02. The topological polar surface area (TPSA) is 20.3 Å². The van der Waals surface area contributed by atoms with Gasteiger partial charge in [0.15, 0.2) is 5.78 Å². The maximum absolute atomic E-state index is 12.4. The first-order chi connectivity index (χ1) is 9.45. The fourth-order valence-corrected chi connectivity index (χ4v) is 4.15. The molecule has 2 unspecified atom stereocenters. The van der Waals surface area contributed by atoms with Gasteiger partial charge in [-0.25, -0.2) is 0 Å². The highest BCUT2D eigenvalue weighted by molar-refractivity contribution is 8.00. The summed E-state index contributed by atoms with van der Waals surface area (Å²) in [5, 5.41) is 1.24. The number of Topliss-reactive ketones (excluding diaryl/α,β-unsaturated/α-hetero) is 1. The van der Waals surface area contributed by atoms with E-state index in [1.54, 1.807) is 0 Å². The van der Waals surface area contributed by atoms with Crippen LogP contribution in [0.25, 0.3) is 0 Å². The molecular weight excluding hydrogens is 266 g/mol. The van der Waals surface area contributed by atoms with Crippen molar-refractivity contribution >= 4 is 17.5 Å². The second-order valence-electron chi connectivity index (χ2n) is 6.15. The SMILES string of the molecule is CC1CN(CC(=O)c2ccc(C(C)C)cc2)CC(C)S1. The van der Waals surface area contributed by atoms with Crippen LogP contribution in [0.1, 0.15) is 49.5 Å². The molecule has 1 aromatic rings. The van der Waals surface area contributed by atoms with Crippen LogP contribution in [0.15, 0.2) is 24.3 Å². The molecule has 3 heteroatoms.